The molecule has 0 unspecified atom stereocenters. The highest BCUT2D eigenvalue weighted by Gasteiger charge is 2.36. The van der Waals surface area contributed by atoms with Crippen LogP contribution in [0.5, 0.6) is 0 Å². The fourth-order valence-corrected chi connectivity index (χ4v) is 3.15. The van der Waals surface area contributed by atoms with Crippen LogP contribution in [0.15, 0.2) is 42.5 Å². The largest absolute Gasteiger partial charge is 0.417 e. The molecule has 3 rings (SSSR count). The van der Waals surface area contributed by atoms with Crippen molar-refractivity contribution in [3.63, 3.8) is 0 Å². The highest BCUT2D eigenvalue weighted by molar-refractivity contribution is 5.96. The molecule has 0 aromatic heterocycles. The lowest BCUT2D eigenvalue weighted by Crippen LogP contribution is -2.49. The first-order valence-corrected chi connectivity index (χ1v) is 8.33. The number of anilines is 1. The molecule has 148 valence electrons. The van der Waals surface area contributed by atoms with Crippen LogP contribution in [-0.2, 0) is 6.18 Å². The molecule has 2 aromatic carbocycles. The summed E-state index contributed by atoms with van der Waals surface area (Å²) in [5.74, 6) is -1.49. The second kappa shape index (κ2) is 7.45. The van der Waals surface area contributed by atoms with E-state index in [1.165, 1.54) is 23.1 Å². The second-order valence-electron chi connectivity index (χ2n) is 6.21. The Morgan fingerprint density at radius 2 is 1.68 bits per heavy atom. The number of hydrogen-bond donors (Lipinski definition) is 0. The number of carbonyl (C=O) groups is 1. The molecule has 1 fully saturated rings. The predicted octanol–water partition coefficient (Wildman–Crippen LogP) is 3.72. The van der Waals surface area contributed by atoms with E-state index < -0.39 is 39.6 Å². The molecular weight excluding hydrogens is 382 g/mol. The molecule has 1 amide bonds. The van der Waals surface area contributed by atoms with Gasteiger partial charge in [0.1, 0.15) is 11.5 Å². The fourth-order valence-electron chi connectivity index (χ4n) is 3.15. The molecule has 1 saturated heterocycles. The average molecular weight is 397 g/mol. The van der Waals surface area contributed by atoms with Gasteiger partial charge in [0, 0.05) is 26.2 Å². The molecule has 0 radical (unpaired) electrons. The van der Waals surface area contributed by atoms with Crippen LogP contribution in [0.1, 0.15) is 15.9 Å². The minimum absolute atomic E-state index is 0.0829. The zero-order valence-electron chi connectivity index (χ0n) is 14.4. The number of hydrogen-bond acceptors (Lipinski definition) is 4. The van der Waals surface area contributed by atoms with Crippen LogP contribution >= 0.6 is 0 Å². The van der Waals surface area contributed by atoms with Gasteiger partial charge in [0.25, 0.3) is 11.6 Å². The van der Waals surface area contributed by atoms with Gasteiger partial charge in [-0.15, -0.1) is 0 Å². The summed E-state index contributed by atoms with van der Waals surface area (Å²) in [6.07, 6.45) is -4.65. The number of nitrogens with zero attached hydrogens (tertiary/aromatic N) is 3. The Labute approximate surface area is 157 Å². The molecule has 1 heterocycles. The Morgan fingerprint density at radius 3 is 2.29 bits per heavy atom. The van der Waals surface area contributed by atoms with Crippen LogP contribution in [0.2, 0.25) is 0 Å². The van der Waals surface area contributed by atoms with Gasteiger partial charge in [-0.25, -0.2) is 4.39 Å². The lowest BCUT2D eigenvalue weighted by atomic mass is 10.1. The standard InChI is InChI=1S/C18H15F4N3O3/c19-12-5-6-15(16(11-12)25(27)28)23-7-9-24(10-8-23)17(26)13-3-1-2-4-14(13)18(20,21)22/h1-6,11H,7-10H2. The van der Waals surface area contributed by atoms with Crippen molar-refractivity contribution in [3.05, 3.63) is 69.5 Å². The van der Waals surface area contributed by atoms with Gasteiger partial charge in [-0.05, 0) is 24.3 Å². The Balaban J connectivity index is 1.77. The zero-order valence-corrected chi connectivity index (χ0v) is 14.4. The molecular formula is C18H15F4N3O3. The van der Waals surface area contributed by atoms with Gasteiger partial charge < -0.3 is 9.80 Å². The molecule has 0 spiro atoms. The number of piperazine rings is 1. The van der Waals surface area contributed by atoms with Crippen molar-refractivity contribution < 1.29 is 27.3 Å². The number of rotatable bonds is 3. The van der Waals surface area contributed by atoms with E-state index in [0.717, 1.165) is 24.3 Å². The molecule has 6 nitrogen and oxygen atoms in total. The van der Waals surface area contributed by atoms with Crippen molar-refractivity contribution in [2.45, 2.75) is 6.18 Å². The first-order valence-electron chi connectivity index (χ1n) is 8.33. The number of halogens is 4. The second-order valence-corrected chi connectivity index (χ2v) is 6.21. The van der Waals surface area contributed by atoms with E-state index in [-0.39, 0.29) is 31.9 Å². The molecule has 0 atom stereocenters. The monoisotopic (exact) mass is 397 g/mol. The summed E-state index contributed by atoms with van der Waals surface area (Å²) in [5.41, 5.74) is -1.64. The third kappa shape index (κ3) is 3.90. The Morgan fingerprint density at radius 1 is 1.04 bits per heavy atom. The summed E-state index contributed by atoms with van der Waals surface area (Å²) in [7, 11) is 0. The number of carbonyl (C=O) groups excluding carboxylic acids is 1. The van der Waals surface area contributed by atoms with Gasteiger partial charge in [-0.1, -0.05) is 12.1 Å². The molecule has 0 aliphatic carbocycles. The number of amides is 1. The molecule has 0 saturated carbocycles. The van der Waals surface area contributed by atoms with Crippen molar-refractivity contribution >= 4 is 17.3 Å². The van der Waals surface area contributed by atoms with Gasteiger partial charge in [0.05, 0.1) is 22.1 Å². The summed E-state index contributed by atoms with van der Waals surface area (Å²) in [4.78, 5) is 25.9. The van der Waals surface area contributed by atoms with Crippen molar-refractivity contribution in [1.29, 1.82) is 0 Å². The number of nitro groups is 1. The van der Waals surface area contributed by atoms with E-state index in [0.29, 0.717) is 0 Å². The highest BCUT2D eigenvalue weighted by atomic mass is 19.4. The van der Waals surface area contributed by atoms with Crippen molar-refractivity contribution in [2.24, 2.45) is 0 Å². The topological polar surface area (TPSA) is 66.7 Å². The molecule has 0 bridgehead atoms. The molecule has 28 heavy (non-hydrogen) atoms. The van der Waals surface area contributed by atoms with Gasteiger partial charge in [0.2, 0.25) is 0 Å². The fraction of sp³-hybridized carbons (Fsp3) is 0.278. The van der Waals surface area contributed by atoms with E-state index in [1.807, 2.05) is 0 Å². The lowest BCUT2D eigenvalue weighted by molar-refractivity contribution is -0.384. The summed E-state index contributed by atoms with van der Waals surface area (Å²) in [6, 6.07) is 7.75. The first-order chi connectivity index (χ1) is 13.2. The number of alkyl halides is 3. The highest BCUT2D eigenvalue weighted by Crippen LogP contribution is 2.33. The third-order valence-electron chi connectivity index (χ3n) is 4.50. The van der Waals surface area contributed by atoms with E-state index >= 15 is 0 Å². The predicted molar refractivity (Wildman–Crippen MR) is 92.6 cm³/mol. The minimum Gasteiger partial charge on any atom is -0.362 e. The van der Waals surface area contributed by atoms with Crippen molar-refractivity contribution in [3.8, 4) is 0 Å². The maximum absolute atomic E-state index is 13.3. The first kappa shape index (κ1) is 19.6. The minimum atomic E-state index is -4.65. The Bertz CT molecular complexity index is 909. The van der Waals surface area contributed by atoms with Gasteiger partial charge in [0.15, 0.2) is 0 Å². The van der Waals surface area contributed by atoms with Crippen LogP contribution < -0.4 is 4.90 Å². The molecule has 0 N–H and O–H groups in total. The van der Waals surface area contributed by atoms with E-state index in [9.17, 15) is 32.5 Å². The maximum atomic E-state index is 13.3. The number of benzene rings is 2. The van der Waals surface area contributed by atoms with Crippen LogP contribution in [0, 0.1) is 15.9 Å². The average Bonchev–Trinajstić information content (AvgIpc) is 2.67. The molecule has 1 aliphatic heterocycles. The Hall–Kier alpha value is -3.17. The summed E-state index contributed by atoms with van der Waals surface area (Å²) >= 11 is 0. The Kier molecular flexibility index (Phi) is 5.21. The van der Waals surface area contributed by atoms with E-state index in [1.54, 1.807) is 4.90 Å². The summed E-state index contributed by atoms with van der Waals surface area (Å²) in [6.45, 7) is 0.512. The van der Waals surface area contributed by atoms with Crippen LogP contribution in [0.25, 0.3) is 0 Å². The molecule has 1 aliphatic rings. The van der Waals surface area contributed by atoms with Crippen molar-refractivity contribution in [1.82, 2.24) is 4.90 Å². The SMILES string of the molecule is O=C(c1ccccc1C(F)(F)F)N1CCN(c2ccc(F)cc2[N+](=O)[O-])CC1. The van der Waals surface area contributed by atoms with Gasteiger partial charge in [-0.2, -0.15) is 13.2 Å². The third-order valence-corrected chi connectivity index (χ3v) is 4.50. The zero-order chi connectivity index (χ0) is 20.5. The van der Waals surface area contributed by atoms with Crippen LogP contribution in [0.3, 0.4) is 0 Å². The van der Waals surface area contributed by atoms with Crippen LogP contribution in [-0.4, -0.2) is 41.9 Å². The van der Waals surface area contributed by atoms with E-state index in [2.05, 4.69) is 0 Å². The number of nitro benzene ring substituents is 1. The van der Waals surface area contributed by atoms with Crippen LogP contribution in [0.4, 0.5) is 28.9 Å². The molecule has 2 aromatic rings. The summed E-state index contributed by atoms with van der Waals surface area (Å²) < 4.78 is 52.7. The maximum Gasteiger partial charge on any atom is 0.417 e. The molecule has 10 heteroatoms. The van der Waals surface area contributed by atoms with Crippen molar-refractivity contribution in [2.75, 3.05) is 31.1 Å². The lowest BCUT2D eigenvalue weighted by Gasteiger charge is -2.36. The van der Waals surface area contributed by atoms with E-state index in [4.69, 9.17) is 0 Å². The smallest absolute Gasteiger partial charge is 0.362 e. The summed E-state index contributed by atoms with van der Waals surface area (Å²) in [5, 5.41) is 11.1. The quantitative estimate of drug-likeness (QED) is 0.450. The normalized spacial score (nSPS) is 14.9. The van der Waals surface area contributed by atoms with Gasteiger partial charge in [-0.3, -0.25) is 14.9 Å². The van der Waals surface area contributed by atoms with Gasteiger partial charge >= 0.3 is 6.18 Å².